The van der Waals surface area contributed by atoms with Gasteiger partial charge >= 0.3 is 12.0 Å². The molecule has 9 heteroatoms. The zero-order valence-electron chi connectivity index (χ0n) is 15.6. The van der Waals surface area contributed by atoms with Crippen LogP contribution in [0, 0.1) is 0 Å². The zero-order valence-corrected chi connectivity index (χ0v) is 15.6. The molecule has 2 aromatic rings. The molecule has 1 aliphatic rings. The highest BCUT2D eigenvalue weighted by Crippen LogP contribution is 2.22. The number of carbonyl (C=O) groups is 1. The first-order valence-corrected chi connectivity index (χ1v) is 8.76. The van der Waals surface area contributed by atoms with Crippen LogP contribution in [0.1, 0.15) is 24.2 Å². The van der Waals surface area contributed by atoms with E-state index in [2.05, 4.69) is 20.3 Å². The number of morpholine rings is 1. The van der Waals surface area contributed by atoms with Crippen LogP contribution in [0.25, 0.3) is 0 Å². The summed E-state index contributed by atoms with van der Waals surface area (Å²) >= 11 is 0. The van der Waals surface area contributed by atoms with Crippen molar-refractivity contribution in [3.63, 3.8) is 0 Å². The molecule has 27 heavy (non-hydrogen) atoms. The number of nitrogens with one attached hydrogen (secondary N) is 1. The minimum Gasteiger partial charge on any atom is -0.465 e. The van der Waals surface area contributed by atoms with Crippen LogP contribution in [0.3, 0.4) is 0 Å². The normalized spacial score (nSPS) is 14.1. The van der Waals surface area contributed by atoms with E-state index in [1.165, 1.54) is 7.11 Å². The number of rotatable bonds is 6. The molecule has 0 aliphatic carbocycles. The molecule has 1 fully saturated rings. The molecule has 9 nitrogen and oxygen atoms in total. The van der Waals surface area contributed by atoms with E-state index in [0.717, 1.165) is 0 Å². The Bertz CT molecular complexity index is 776. The Morgan fingerprint density at radius 3 is 2.48 bits per heavy atom. The molecule has 144 valence electrons. The quantitative estimate of drug-likeness (QED) is 0.763. The third-order valence-electron chi connectivity index (χ3n) is 3.80. The van der Waals surface area contributed by atoms with Gasteiger partial charge in [0.05, 0.1) is 25.9 Å². The number of nitrogens with zero attached hydrogens (tertiary/aromatic N) is 4. The molecular formula is C18H23N5O4. The third-order valence-corrected chi connectivity index (χ3v) is 3.80. The second-order valence-electron chi connectivity index (χ2n) is 6.26. The molecular weight excluding hydrogens is 350 g/mol. The summed E-state index contributed by atoms with van der Waals surface area (Å²) in [5.41, 5.74) is 0.441. The van der Waals surface area contributed by atoms with Crippen molar-refractivity contribution < 1.29 is 19.0 Å². The molecule has 3 rings (SSSR count). The van der Waals surface area contributed by atoms with Gasteiger partial charge in [-0.2, -0.15) is 15.0 Å². The van der Waals surface area contributed by atoms with Gasteiger partial charge in [-0.15, -0.1) is 0 Å². The lowest BCUT2D eigenvalue weighted by molar-refractivity contribution is 0.0600. The second-order valence-corrected chi connectivity index (χ2v) is 6.26. The monoisotopic (exact) mass is 373 g/mol. The first-order valence-electron chi connectivity index (χ1n) is 8.76. The summed E-state index contributed by atoms with van der Waals surface area (Å²) in [4.78, 5) is 26.8. The highest BCUT2D eigenvalue weighted by molar-refractivity contribution is 5.89. The molecule has 0 amide bonds. The standard InChI is InChI=1S/C18H23N5O4/c1-12(2)19-16-20-17(23-8-10-26-11-9-23)22-18(21-16)27-14-6-4-13(5-7-14)15(24)25-3/h4-7,12H,8-11H2,1-3H3,(H,19,20,21,22). The predicted molar refractivity (Wildman–Crippen MR) is 99.5 cm³/mol. The molecule has 0 radical (unpaired) electrons. The van der Waals surface area contributed by atoms with Crippen LogP contribution in [0.4, 0.5) is 11.9 Å². The van der Waals surface area contributed by atoms with Gasteiger partial charge in [0.15, 0.2) is 0 Å². The minimum absolute atomic E-state index is 0.164. The van der Waals surface area contributed by atoms with Crippen LogP contribution in [-0.4, -0.2) is 60.4 Å². The molecule has 0 spiro atoms. The van der Waals surface area contributed by atoms with Gasteiger partial charge in [-0.3, -0.25) is 0 Å². The fourth-order valence-corrected chi connectivity index (χ4v) is 2.50. The SMILES string of the molecule is COC(=O)c1ccc(Oc2nc(NC(C)C)nc(N3CCOCC3)n2)cc1. The number of anilines is 2. The van der Waals surface area contributed by atoms with E-state index in [-0.39, 0.29) is 12.1 Å². The Morgan fingerprint density at radius 2 is 1.85 bits per heavy atom. The lowest BCUT2D eigenvalue weighted by Gasteiger charge is -2.27. The number of carbonyl (C=O) groups excluding carboxylic acids is 1. The van der Waals surface area contributed by atoms with E-state index in [4.69, 9.17) is 14.2 Å². The van der Waals surface area contributed by atoms with Crippen molar-refractivity contribution in [3.05, 3.63) is 29.8 Å². The van der Waals surface area contributed by atoms with Gasteiger partial charge in [-0.25, -0.2) is 4.79 Å². The van der Waals surface area contributed by atoms with Crippen LogP contribution in [-0.2, 0) is 9.47 Å². The highest BCUT2D eigenvalue weighted by atomic mass is 16.5. The molecule has 1 saturated heterocycles. The van der Waals surface area contributed by atoms with Crippen molar-refractivity contribution in [1.82, 2.24) is 15.0 Å². The average Bonchev–Trinajstić information content (AvgIpc) is 2.68. The molecule has 1 N–H and O–H groups in total. The van der Waals surface area contributed by atoms with Crippen molar-refractivity contribution in [1.29, 1.82) is 0 Å². The van der Waals surface area contributed by atoms with E-state index >= 15 is 0 Å². The minimum atomic E-state index is -0.403. The van der Waals surface area contributed by atoms with Gasteiger partial charge < -0.3 is 24.4 Å². The Labute approximate surface area is 157 Å². The largest absolute Gasteiger partial charge is 0.465 e. The van der Waals surface area contributed by atoms with Crippen LogP contribution in [0.2, 0.25) is 0 Å². The molecule has 2 heterocycles. The van der Waals surface area contributed by atoms with E-state index in [9.17, 15) is 4.79 Å². The summed E-state index contributed by atoms with van der Waals surface area (Å²) in [6, 6.07) is 6.93. The number of ether oxygens (including phenoxy) is 3. The fraction of sp³-hybridized carbons (Fsp3) is 0.444. The van der Waals surface area contributed by atoms with E-state index in [1.807, 2.05) is 18.7 Å². The highest BCUT2D eigenvalue weighted by Gasteiger charge is 2.18. The van der Waals surface area contributed by atoms with Gasteiger partial charge in [0, 0.05) is 19.1 Å². The van der Waals surface area contributed by atoms with Gasteiger partial charge in [-0.1, -0.05) is 0 Å². The Morgan fingerprint density at radius 1 is 1.15 bits per heavy atom. The van der Waals surface area contributed by atoms with E-state index in [0.29, 0.717) is 49.5 Å². The fourth-order valence-electron chi connectivity index (χ4n) is 2.50. The van der Waals surface area contributed by atoms with Crippen molar-refractivity contribution in [2.45, 2.75) is 19.9 Å². The van der Waals surface area contributed by atoms with Crippen LogP contribution in [0.5, 0.6) is 11.8 Å². The van der Waals surface area contributed by atoms with Crippen molar-refractivity contribution in [2.75, 3.05) is 43.6 Å². The number of hydrogen-bond donors (Lipinski definition) is 1. The Kier molecular flexibility index (Phi) is 6.02. The number of hydrogen-bond acceptors (Lipinski definition) is 9. The molecule has 1 aliphatic heterocycles. The van der Waals surface area contributed by atoms with Crippen LogP contribution >= 0.6 is 0 Å². The molecule has 1 aromatic heterocycles. The predicted octanol–water partition coefficient (Wildman–Crippen LogP) is 2.11. The summed E-state index contributed by atoms with van der Waals surface area (Å²) < 4.78 is 15.9. The van der Waals surface area contributed by atoms with Gasteiger partial charge in [0.25, 0.3) is 0 Å². The van der Waals surface area contributed by atoms with Gasteiger partial charge in [0.2, 0.25) is 11.9 Å². The molecule has 0 bridgehead atoms. The molecule has 0 saturated carbocycles. The number of esters is 1. The molecule has 0 atom stereocenters. The maximum absolute atomic E-state index is 11.5. The number of aromatic nitrogens is 3. The second kappa shape index (κ2) is 8.63. The van der Waals surface area contributed by atoms with E-state index in [1.54, 1.807) is 24.3 Å². The smallest absolute Gasteiger partial charge is 0.337 e. The van der Waals surface area contributed by atoms with Crippen molar-refractivity contribution in [2.24, 2.45) is 0 Å². The van der Waals surface area contributed by atoms with Crippen molar-refractivity contribution in [3.8, 4) is 11.8 Å². The topological polar surface area (TPSA) is 98.7 Å². The molecule has 1 aromatic carbocycles. The third kappa shape index (κ3) is 5.04. The zero-order chi connectivity index (χ0) is 19.2. The average molecular weight is 373 g/mol. The number of benzene rings is 1. The summed E-state index contributed by atoms with van der Waals surface area (Å²) in [7, 11) is 1.34. The lowest BCUT2D eigenvalue weighted by atomic mass is 10.2. The van der Waals surface area contributed by atoms with Crippen LogP contribution < -0.4 is 15.0 Å². The summed E-state index contributed by atoms with van der Waals surface area (Å²) in [5.74, 6) is 1.09. The first kappa shape index (κ1) is 18.8. The first-order chi connectivity index (χ1) is 13.0. The summed E-state index contributed by atoms with van der Waals surface area (Å²) in [6.07, 6.45) is 0. The van der Waals surface area contributed by atoms with Gasteiger partial charge in [0.1, 0.15) is 5.75 Å². The van der Waals surface area contributed by atoms with Crippen molar-refractivity contribution >= 4 is 17.9 Å². The van der Waals surface area contributed by atoms with Gasteiger partial charge in [-0.05, 0) is 38.1 Å². The maximum atomic E-state index is 11.5. The summed E-state index contributed by atoms with van der Waals surface area (Å²) in [6.45, 7) is 6.68. The summed E-state index contributed by atoms with van der Waals surface area (Å²) in [5, 5.41) is 3.18. The Hall–Kier alpha value is -2.94. The number of methoxy groups -OCH3 is 1. The van der Waals surface area contributed by atoms with Crippen LogP contribution in [0.15, 0.2) is 24.3 Å². The lowest BCUT2D eigenvalue weighted by Crippen LogP contribution is -2.37. The van der Waals surface area contributed by atoms with E-state index < -0.39 is 5.97 Å². The molecule has 0 unspecified atom stereocenters. The maximum Gasteiger partial charge on any atom is 0.337 e. The Balaban J connectivity index is 1.83.